The van der Waals surface area contributed by atoms with E-state index in [0.29, 0.717) is 99.0 Å². The molecule has 0 aliphatic heterocycles. The minimum absolute atomic E-state index is 0.00654. The number of hydrogen-bond acceptors (Lipinski definition) is 15. The number of methoxy groups -OCH3 is 2. The maximum atomic E-state index is 14.0. The third kappa shape index (κ3) is 19.5. The molecule has 7 N–H and O–H groups in total. The van der Waals surface area contributed by atoms with E-state index < -0.39 is 35.8 Å². The van der Waals surface area contributed by atoms with Gasteiger partial charge in [0.15, 0.2) is 5.69 Å². The van der Waals surface area contributed by atoms with Crippen LogP contribution in [0, 0.1) is 5.92 Å². The molecule has 23 nitrogen and oxygen atoms in total. The van der Waals surface area contributed by atoms with Crippen molar-refractivity contribution in [3.05, 3.63) is 59.3 Å². The van der Waals surface area contributed by atoms with Crippen molar-refractivity contribution in [2.24, 2.45) is 5.92 Å². The summed E-state index contributed by atoms with van der Waals surface area (Å²) in [5.41, 5.74) is 2.85. The molecule has 1 aliphatic carbocycles. The van der Waals surface area contributed by atoms with Gasteiger partial charge in [0, 0.05) is 72.0 Å². The molecule has 1 aliphatic rings. The van der Waals surface area contributed by atoms with Crippen molar-refractivity contribution >= 4 is 41.6 Å². The van der Waals surface area contributed by atoms with Crippen molar-refractivity contribution in [1.82, 2.24) is 50.2 Å². The summed E-state index contributed by atoms with van der Waals surface area (Å²) in [7, 11) is 8.50. The van der Waals surface area contributed by atoms with Crippen LogP contribution in [0.4, 0.5) is 0 Å². The summed E-state index contributed by atoms with van der Waals surface area (Å²) in [6.45, 7) is 7.29. The fourth-order valence-electron chi connectivity index (χ4n) is 9.27. The van der Waals surface area contributed by atoms with E-state index in [9.17, 15) is 43.8 Å². The molecule has 4 rings (SSSR count). The van der Waals surface area contributed by atoms with E-state index >= 15 is 0 Å². The highest BCUT2D eigenvalue weighted by molar-refractivity contribution is 5.97. The van der Waals surface area contributed by atoms with Crippen molar-refractivity contribution < 1.29 is 63.5 Å². The molecule has 3 amide bonds. The molecule has 0 saturated heterocycles. The van der Waals surface area contributed by atoms with E-state index in [4.69, 9.17) is 24.8 Å². The second kappa shape index (κ2) is 31.4. The van der Waals surface area contributed by atoms with Crippen LogP contribution < -0.4 is 25.4 Å². The third-order valence-electron chi connectivity index (χ3n) is 13.5. The van der Waals surface area contributed by atoms with Crippen molar-refractivity contribution in [1.29, 1.82) is 0 Å². The smallest absolute Gasteiger partial charge is 0.326 e. The van der Waals surface area contributed by atoms with Gasteiger partial charge in [0.2, 0.25) is 5.91 Å². The quantitative estimate of drug-likeness (QED) is 0.0417. The second-order valence-corrected chi connectivity index (χ2v) is 19.6. The molecule has 0 spiro atoms. The predicted octanol–water partition coefficient (Wildman–Crippen LogP) is 2.72. The Bertz CT molecular complexity index is 2390. The van der Waals surface area contributed by atoms with E-state index in [2.05, 4.69) is 20.9 Å². The molecule has 1 heterocycles. The standard InChI is InChI=1S/C53H80N10O13/c1-36(2)39-30-38(18-19-41(39)63-42(49-43(75-6)16-11-17-44(49)76-7)31-40(57-63)51(71)56-50(53(73)74)37-14-9-8-10-15-37)52(72)60(5)25-13-23-58(3)22-12-24-59(4)45(64)34-61(26-20-54-32-46(65)66)28-29-62(35-48(69)70)27-21-55-33-47(67)68/h11,16-19,30-31,36-37,50,54-55H,8-10,12-15,20-29,32-35H2,1-7H3,(H,56,71)(H,65,66)(H,67,68)(H,69,70)(H,73,74). The Labute approximate surface area is 445 Å². The molecule has 1 aromatic heterocycles. The maximum absolute atomic E-state index is 14.0. The molecule has 1 fully saturated rings. The van der Waals surface area contributed by atoms with Crippen LogP contribution in [-0.4, -0.2) is 229 Å². The summed E-state index contributed by atoms with van der Waals surface area (Å²) in [6, 6.07) is 11.2. The number of ether oxygens (including phenoxy) is 2. The molecular weight excluding hydrogens is 985 g/mol. The zero-order valence-electron chi connectivity index (χ0n) is 45.2. The Hall–Kier alpha value is -6.66. The number of benzene rings is 2. The Balaban J connectivity index is 1.39. The van der Waals surface area contributed by atoms with E-state index in [1.807, 2.05) is 31.9 Å². The van der Waals surface area contributed by atoms with E-state index in [-0.39, 0.29) is 81.7 Å². The molecular formula is C53H80N10O13. The van der Waals surface area contributed by atoms with Gasteiger partial charge in [-0.05, 0) is 99.6 Å². The van der Waals surface area contributed by atoms with Gasteiger partial charge in [-0.15, -0.1) is 0 Å². The van der Waals surface area contributed by atoms with Gasteiger partial charge < -0.3 is 60.5 Å². The zero-order chi connectivity index (χ0) is 55.9. The number of likely N-dealkylation sites (N-methyl/N-ethyl adjacent to an activating group) is 1. The monoisotopic (exact) mass is 1060 g/mol. The predicted molar refractivity (Wildman–Crippen MR) is 285 cm³/mol. The number of aliphatic carboxylic acids is 4. The Morgan fingerprint density at radius 1 is 0.697 bits per heavy atom. The maximum Gasteiger partial charge on any atom is 0.326 e. The van der Waals surface area contributed by atoms with Crippen molar-refractivity contribution in [2.45, 2.75) is 70.8 Å². The molecule has 2 aromatic carbocycles. The van der Waals surface area contributed by atoms with Gasteiger partial charge >= 0.3 is 23.9 Å². The van der Waals surface area contributed by atoms with Gasteiger partial charge in [-0.2, -0.15) is 5.10 Å². The van der Waals surface area contributed by atoms with Crippen LogP contribution >= 0.6 is 0 Å². The van der Waals surface area contributed by atoms with Crippen molar-refractivity contribution in [2.75, 3.05) is 127 Å². The Morgan fingerprint density at radius 3 is 1.79 bits per heavy atom. The molecule has 1 saturated carbocycles. The number of carboxylic acid groups (broad SMARTS) is 4. The average Bonchev–Trinajstić information content (AvgIpc) is 3.83. The van der Waals surface area contributed by atoms with Crippen LogP contribution in [0.3, 0.4) is 0 Å². The number of carbonyl (C=O) groups is 7. The molecule has 3 aromatic rings. The lowest BCUT2D eigenvalue weighted by atomic mass is 9.84. The lowest BCUT2D eigenvalue weighted by Gasteiger charge is -2.28. The number of nitrogens with one attached hydrogen (secondary N) is 3. The summed E-state index contributed by atoms with van der Waals surface area (Å²) in [4.78, 5) is 96.2. The van der Waals surface area contributed by atoms with Gasteiger partial charge in [0.05, 0.1) is 57.3 Å². The summed E-state index contributed by atoms with van der Waals surface area (Å²) < 4.78 is 13.2. The SMILES string of the molecule is COc1cccc(OC)c1-c1cc(C(=O)NC(C(=O)O)C2CCCCC2)nn1-c1ccc(C(=O)N(C)CCCN(C)CCCN(C)C(=O)CN(CCNCC(=O)O)CCN(CCNCC(=O)O)CC(=O)O)cc1C(C)C. The van der Waals surface area contributed by atoms with Crippen LogP contribution in [0.15, 0.2) is 42.5 Å². The Kier molecular flexibility index (Phi) is 25.6. The number of hydrogen-bond donors (Lipinski definition) is 7. The molecule has 1 atom stereocenters. The summed E-state index contributed by atoms with van der Waals surface area (Å²) in [5, 5.41) is 50.7. The van der Waals surface area contributed by atoms with Crippen LogP contribution in [-0.2, 0) is 24.0 Å². The normalized spacial score (nSPS) is 13.2. The summed E-state index contributed by atoms with van der Waals surface area (Å²) in [5.74, 6) is -4.51. The summed E-state index contributed by atoms with van der Waals surface area (Å²) >= 11 is 0. The van der Waals surface area contributed by atoms with Gasteiger partial charge in [-0.25, -0.2) is 9.48 Å². The fourth-order valence-corrected chi connectivity index (χ4v) is 9.27. The molecule has 0 radical (unpaired) electrons. The number of amides is 3. The highest BCUT2D eigenvalue weighted by atomic mass is 16.5. The van der Waals surface area contributed by atoms with Crippen molar-refractivity contribution in [3.63, 3.8) is 0 Å². The number of rotatable bonds is 35. The van der Waals surface area contributed by atoms with Gasteiger partial charge in [-0.1, -0.05) is 39.2 Å². The van der Waals surface area contributed by atoms with E-state index in [0.717, 1.165) is 24.8 Å². The van der Waals surface area contributed by atoms with Crippen LogP contribution in [0.25, 0.3) is 16.9 Å². The van der Waals surface area contributed by atoms with Crippen LogP contribution in [0.1, 0.15) is 91.1 Å². The Morgan fingerprint density at radius 2 is 1.26 bits per heavy atom. The fraction of sp³-hybridized carbons (Fsp3) is 0.585. The molecule has 420 valence electrons. The molecule has 76 heavy (non-hydrogen) atoms. The first kappa shape index (κ1) is 61.9. The first-order valence-electron chi connectivity index (χ1n) is 25.9. The second-order valence-electron chi connectivity index (χ2n) is 19.6. The van der Waals surface area contributed by atoms with Crippen molar-refractivity contribution in [3.8, 4) is 28.4 Å². The molecule has 1 unspecified atom stereocenters. The largest absolute Gasteiger partial charge is 0.496 e. The lowest BCUT2D eigenvalue weighted by Crippen LogP contribution is -2.46. The van der Waals surface area contributed by atoms with E-state index in [1.165, 1.54) is 14.2 Å². The molecule has 23 heteroatoms. The number of nitrogens with zero attached hydrogens (tertiary/aromatic N) is 7. The first-order chi connectivity index (χ1) is 36.2. The third-order valence-corrected chi connectivity index (χ3v) is 13.5. The van der Waals surface area contributed by atoms with Gasteiger partial charge in [0.1, 0.15) is 17.5 Å². The van der Waals surface area contributed by atoms with Gasteiger partial charge in [-0.3, -0.25) is 38.6 Å². The zero-order valence-corrected chi connectivity index (χ0v) is 45.2. The number of aromatic nitrogens is 2. The highest BCUT2D eigenvalue weighted by Crippen LogP contribution is 2.41. The minimum atomic E-state index is -1.09. The number of carbonyl (C=O) groups excluding carboxylic acids is 3. The lowest BCUT2D eigenvalue weighted by molar-refractivity contribution is -0.141. The molecule has 0 bridgehead atoms. The topological polar surface area (TPSA) is 289 Å². The minimum Gasteiger partial charge on any atom is -0.496 e. The highest BCUT2D eigenvalue weighted by Gasteiger charge is 2.33. The summed E-state index contributed by atoms with van der Waals surface area (Å²) in [6.07, 6.45) is 5.60. The van der Waals surface area contributed by atoms with E-state index in [1.54, 1.807) is 69.9 Å². The van der Waals surface area contributed by atoms with Gasteiger partial charge in [0.25, 0.3) is 11.8 Å². The first-order valence-corrected chi connectivity index (χ1v) is 25.9. The average molecular weight is 1070 g/mol. The van der Waals surface area contributed by atoms with Crippen LogP contribution in [0.2, 0.25) is 0 Å². The number of carboxylic acids is 4. The van der Waals surface area contributed by atoms with Crippen LogP contribution in [0.5, 0.6) is 11.5 Å².